The number of sulfonamides is 1. The summed E-state index contributed by atoms with van der Waals surface area (Å²) in [7, 11) is -3.47. The number of fused-ring (bicyclic) bond motifs is 1. The number of amides is 2. The first kappa shape index (κ1) is 18.7. The molecule has 26 heavy (non-hydrogen) atoms. The average Bonchev–Trinajstić information content (AvgIpc) is 3.03. The number of carbonyl (C=O) groups is 1. The zero-order chi connectivity index (χ0) is 18.7. The number of hydrogen-bond donors (Lipinski definition) is 2. The molecule has 8 heteroatoms. The Bertz CT molecular complexity index is 931. The van der Waals surface area contributed by atoms with Crippen molar-refractivity contribution in [2.45, 2.75) is 13.3 Å². The van der Waals surface area contributed by atoms with Gasteiger partial charge >= 0.3 is 6.03 Å². The number of carbonyl (C=O) groups excluding carboxylic acids is 1. The maximum atomic E-state index is 12.6. The number of para-hydroxylation sites is 1. The molecule has 138 valence electrons. The van der Waals surface area contributed by atoms with Crippen molar-refractivity contribution in [3.8, 4) is 0 Å². The quantitative estimate of drug-likeness (QED) is 0.752. The minimum absolute atomic E-state index is 0.0415. The van der Waals surface area contributed by atoms with Crippen molar-refractivity contribution < 1.29 is 13.2 Å². The largest absolute Gasteiger partial charge is 0.337 e. The van der Waals surface area contributed by atoms with Gasteiger partial charge in [0.25, 0.3) is 0 Å². The van der Waals surface area contributed by atoms with Crippen LogP contribution in [-0.2, 0) is 16.4 Å². The second kappa shape index (κ2) is 7.67. The monoisotopic (exact) mass is 437 g/mol. The standard InChI is InChI=1S/C18H20BrN3O3S/c1-13-6-7-15(12-16(13)19)21-18(23)20-9-11-26(24,25)22-10-8-14-4-2-3-5-17(14)22/h2-7,12H,8-11H2,1H3,(H2,20,21,23). The molecule has 0 aliphatic carbocycles. The van der Waals surface area contributed by atoms with Gasteiger partial charge < -0.3 is 10.6 Å². The van der Waals surface area contributed by atoms with Crippen molar-refractivity contribution in [3.05, 3.63) is 58.1 Å². The van der Waals surface area contributed by atoms with E-state index in [-0.39, 0.29) is 12.3 Å². The van der Waals surface area contributed by atoms with Gasteiger partial charge in [-0.25, -0.2) is 13.2 Å². The Morgan fingerprint density at radius 3 is 2.77 bits per heavy atom. The molecule has 1 heterocycles. The van der Waals surface area contributed by atoms with E-state index < -0.39 is 16.1 Å². The summed E-state index contributed by atoms with van der Waals surface area (Å²) in [6.45, 7) is 2.44. The van der Waals surface area contributed by atoms with Crippen LogP contribution in [0.5, 0.6) is 0 Å². The number of aryl methyl sites for hydroxylation is 1. The first-order chi connectivity index (χ1) is 12.4. The van der Waals surface area contributed by atoms with E-state index in [0.29, 0.717) is 18.7 Å². The molecule has 3 rings (SSSR count). The number of rotatable bonds is 5. The fraction of sp³-hybridized carbons (Fsp3) is 0.278. The van der Waals surface area contributed by atoms with Gasteiger partial charge in [0.2, 0.25) is 10.0 Å². The van der Waals surface area contributed by atoms with Gasteiger partial charge in [-0.15, -0.1) is 0 Å². The maximum absolute atomic E-state index is 12.6. The summed E-state index contributed by atoms with van der Waals surface area (Å²) in [4.78, 5) is 12.0. The molecule has 0 saturated carbocycles. The average molecular weight is 438 g/mol. The number of hydrogen-bond acceptors (Lipinski definition) is 3. The molecule has 2 N–H and O–H groups in total. The summed E-state index contributed by atoms with van der Waals surface area (Å²) in [5.41, 5.74) is 3.47. The Morgan fingerprint density at radius 1 is 1.23 bits per heavy atom. The number of benzene rings is 2. The van der Waals surface area contributed by atoms with E-state index in [0.717, 1.165) is 21.3 Å². The van der Waals surface area contributed by atoms with E-state index in [1.54, 1.807) is 12.1 Å². The Kier molecular flexibility index (Phi) is 5.52. The summed E-state index contributed by atoms with van der Waals surface area (Å²) in [5, 5.41) is 5.29. The molecule has 0 aromatic heterocycles. The van der Waals surface area contributed by atoms with Gasteiger partial charge in [-0.05, 0) is 42.7 Å². The van der Waals surface area contributed by atoms with Gasteiger partial charge in [0, 0.05) is 23.2 Å². The maximum Gasteiger partial charge on any atom is 0.319 e. The van der Waals surface area contributed by atoms with Gasteiger partial charge in [0.05, 0.1) is 11.4 Å². The molecular weight excluding hydrogens is 418 g/mol. The highest BCUT2D eigenvalue weighted by atomic mass is 79.9. The Balaban J connectivity index is 1.54. The van der Waals surface area contributed by atoms with E-state index in [1.807, 2.05) is 37.3 Å². The summed E-state index contributed by atoms with van der Waals surface area (Å²) < 4.78 is 27.5. The predicted octanol–water partition coefficient (Wildman–Crippen LogP) is 3.27. The van der Waals surface area contributed by atoms with E-state index in [2.05, 4.69) is 26.6 Å². The molecule has 0 saturated heterocycles. The molecule has 0 atom stereocenters. The molecule has 0 radical (unpaired) electrons. The van der Waals surface area contributed by atoms with Crippen molar-refractivity contribution in [1.82, 2.24) is 5.32 Å². The molecular formula is C18H20BrN3O3S. The van der Waals surface area contributed by atoms with Crippen LogP contribution in [0.3, 0.4) is 0 Å². The third-order valence-electron chi connectivity index (χ3n) is 4.26. The fourth-order valence-electron chi connectivity index (χ4n) is 2.85. The number of urea groups is 1. The molecule has 2 aromatic rings. The number of anilines is 2. The van der Waals surface area contributed by atoms with Crippen LogP contribution >= 0.6 is 15.9 Å². The Labute approximate surface area is 161 Å². The third-order valence-corrected chi connectivity index (χ3v) is 6.88. The lowest BCUT2D eigenvalue weighted by atomic mass is 10.2. The summed E-state index contributed by atoms with van der Waals surface area (Å²) in [6.07, 6.45) is 0.714. The molecule has 2 aromatic carbocycles. The predicted molar refractivity (Wildman–Crippen MR) is 107 cm³/mol. The summed E-state index contributed by atoms with van der Waals surface area (Å²) in [5.74, 6) is -0.146. The third kappa shape index (κ3) is 4.19. The van der Waals surface area contributed by atoms with Gasteiger partial charge in [0.1, 0.15) is 0 Å². The highest BCUT2D eigenvalue weighted by Crippen LogP contribution is 2.29. The van der Waals surface area contributed by atoms with Crippen LogP contribution in [0.15, 0.2) is 46.9 Å². The van der Waals surface area contributed by atoms with Gasteiger partial charge in [-0.1, -0.05) is 40.2 Å². The molecule has 6 nitrogen and oxygen atoms in total. The van der Waals surface area contributed by atoms with Crippen LogP contribution in [0, 0.1) is 6.92 Å². The lowest BCUT2D eigenvalue weighted by Crippen LogP contribution is -2.38. The van der Waals surface area contributed by atoms with Crippen LogP contribution in [0.2, 0.25) is 0 Å². The number of nitrogens with one attached hydrogen (secondary N) is 2. The molecule has 0 spiro atoms. The molecule has 1 aliphatic heterocycles. The van der Waals surface area contributed by atoms with Crippen molar-refractivity contribution in [3.63, 3.8) is 0 Å². The summed E-state index contributed by atoms with van der Waals surface area (Å²) in [6, 6.07) is 12.5. The Morgan fingerprint density at radius 2 is 2.00 bits per heavy atom. The molecule has 1 aliphatic rings. The van der Waals surface area contributed by atoms with Crippen molar-refractivity contribution in [2.75, 3.05) is 28.5 Å². The van der Waals surface area contributed by atoms with Crippen LogP contribution in [0.25, 0.3) is 0 Å². The van der Waals surface area contributed by atoms with Crippen LogP contribution in [0.4, 0.5) is 16.2 Å². The van der Waals surface area contributed by atoms with E-state index in [4.69, 9.17) is 0 Å². The second-order valence-electron chi connectivity index (χ2n) is 6.11. The summed E-state index contributed by atoms with van der Waals surface area (Å²) >= 11 is 3.41. The lowest BCUT2D eigenvalue weighted by Gasteiger charge is -2.19. The topological polar surface area (TPSA) is 78.5 Å². The Hall–Kier alpha value is -2.06. The highest BCUT2D eigenvalue weighted by molar-refractivity contribution is 9.10. The first-order valence-electron chi connectivity index (χ1n) is 8.26. The number of halogens is 1. The molecule has 0 bridgehead atoms. The van der Waals surface area contributed by atoms with Crippen LogP contribution in [0.1, 0.15) is 11.1 Å². The van der Waals surface area contributed by atoms with E-state index in [1.165, 1.54) is 4.31 Å². The van der Waals surface area contributed by atoms with Crippen molar-refractivity contribution >= 4 is 43.4 Å². The van der Waals surface area contributed by atoms with E-state index >= 15 is 0 Å². The lowest BCUT2D eigenvalue weighted by molar-refractivity contribution is 0.252. The zero-order valence-electron chi connectivity index (χ0n) is 14.3. The van der Waals surface area contributed by atoms with Gasteiger partial charge in [-0.3, -0.25) is 4.31 Å². The minimum Gasteiger partial charge on any atom is -0.337 e. The number of nitrogens with zero attached hydrogens (tertiary/aromatic N) is 1. The second-order valence-corrected chi connectivity index (χ2v) is 8.98. The van der Waals surface area contributed by atoms with Gasteiger partial charge in [0.15, 0.2) is 0 Å². The normalized spacial score (nSPS) is 13.4. The molecule has 0 fully saturated rings. The van der Waals surface area contributed by atoms with Crippen molar-refractivity contribution in [2.24, 2.45) is 0 Å². The minimum atomic E-state index is -3.47. The van der Waals surface area contributed by atoms with E-state index in [9.17, 15) is 13.2 Å². The smallest absolute Gasteiger partial charge is 0.319 e. The van der Waals surface area contributed by atoms with Crippen molar-refractivity contribution in [1.29, 1.82) is 0 Å². The molecule has 2 amide bonds. The van der Waals surface area contributed by atoms with Gasteiger partial charge in [-0.2, -0.15) is 0 Å². The highest BCUT2D eigenvalue weighted by Gasteiger charge is 2.28. The molecule has 0 unspecified atom stereocenters. The fourth-order valence-corrected chi connectivity index (χ4v) is 4.65. The SMILES string of the molecule is Cc1ccc(NC(=O)NCCS(=O)(=O)N2CCc3ccccc32)cc1Br. The van der Waals surface area contributed by atoms with Crippen LogP contribution in [-0.4, -0.2) is 33.3 Å². The van der Waals surface area contributed by atoms with Crippen LogP contribution < -0.4 is 14.9 Å². The zero-order valence-corrected chi connectivity index (χ0v) is 16.7. The first-order valence-corrected chi connectivity index (χ1v) is 10.7.